The molecule has 0 heterocycles. The quantitative estimate of drug-likeness (QED) is 0.816. The molecule has 0 fully saturated rings. The molecule has 0 saturated heterocycles. The van der Waals surface area contributed by atoms with E-state index < -0.39 is 8.32 Å². The van der Waals surface area contributed by atoms with Crippen LogP contribution in [0.1, 0.15) is 32.8 Å². The Bertz CT molecular complexity index is 363. The van der Waals surface area contributed by atoms with Gasteiger partial charge in [-0.05, 0) is 48.7 Å². The summed E-state index contributed by atoms with van der Waals surface area (Å²) < 4.78 is 6.22. The summed E-state index contributed by atoms with van der Waals surface area (Å²) in [6, 6.07) is 8.29. The lowest BCUT2D eigenvalue weighted by Crippen LogP contribution is -2.43. The average Bonchev–Trinajstić information content (AvgIpc) is 2.26. The lowest BCUT2D eigenvalue weighted by atomic mass is 10.1. The smallest absolute Gasteiger partial charge is 0.250 e. The molecule has 0 saturated carbocycles. The van der Waals surface area contributed by atoms with Gasteiger partial charge in [0.1, 0.15) is 5.75 Å². The molecular formula is C15H26O2Si. The molecule has 2 nitrogen and oxygen atoms in total. The van der Waals surface area contributed by atoms with Crippen LogP contribution < -0.4 is 4.43 Å². The molecule has 0 spiro atoms. The number of benzene rings is 1. The highest BCUT2D eigenvalue weighted by Gasteiger charge is 2.38. The summed E-state index contributed by atoms with van der Waals surface area (Å²) in [5.41, 5.74) is 1.26. The summed E-state index contributed by atoms with van der Waals surface area (Å²) in [5.74, 6) is 0.967. The Hall–Kier alpha value is -0.803. The first kappa shape index (κ1) is 15.3. The highest BCUT2D eigenvalue weighted by atomic mass is 28.4. The molecule has 0 amide bonds. The van der Waals surface area contributed by atoms with Gasteiger partial charge in [-0.1, -0.05) is 32.9 Å². The van der Waals surface area contributed by atoms with Crippen LogP contribution in [0, 0.1) is 0 Å². The predicted octanol–water partition coefficient (Wildman–Crippen LogP) is 4.00. The van der Waals surface area contributed by atoms with Crippen molar-refractivity contribution in [2.24, 2.45) is 0 Å². The van der Waals surface area contributed by atoms with Gasteiger partial charge in [0.15, 0.2) is 0 Å². The maximum Gasteiger partial charge on any atom is 0.250 e. The van der Waals surface area contributed by atoms with E-state index in [4.69, 9.17) is 9.53 Å². The normalized spacial score (nSPS) is 12.6. The number of hydrogen-bond acceptors (Lipinski definition) is 2. The second-order valence-electron chi connectivity index (χ2n) is 6.33. The fourth-order valence-corrected chi connectivity index (χ4v) is 2.49. The average molecular weight is 266 g/mol. The number of aliphatic hydroxyl groups is 1. The Morgan fingerprint density at radius 1 is 1.11 bits per heavy atom. The van der Waals surface area contributed by atoms with E-state index in [0.29, 0.717) is 0 Å². The third-order valence-electron chi connectivity index (χ3n) is 3.73. The molecule has 18 heavy (non-hydrogen) atoms. The Kier molecular flexibility index (Phi) is 4.99. The number of aliphatic hydroxyl groups excluding tert-OH is 1. The molecule has 0 unspecified atom stereocenters. The highest BCUT2D eigenvalue weighted by molar-refractivity contribution is 6.74. The summed E-state index contributed by atoms with van der Waals surface area (Å²) in [4.78, 5) is 0. The molecule has 0 aliphatic carbocycles. The van der Waals surface area contributed by atoms with Gasteiger partial charge in [0.05, 0.1) is 0 Å². The highest BCUT2D eigenvalue weighted by Crippen LogP contribution is 2.37. The van der Waals surface area contributed by atoms with Gasteiger partial charge in [0.25, 0.3) is 0 Å². The van der Waals surface area contributed by atoms with Crippen molar-refractivity contribution in [3.63, 3.8) is 0 Å². The molecule has 1 aromatic carbocycles. The van der Waals surface area contributed by atoms with Crippen molar-refractivity contribution in [2.75, 3.05) is 6.61 Å². The first-order chi connectivity index (χ1) is 8.26. The molecule has 1 aromatic rings. The van der Waals surface area contributed by atoms with Gasteiger partial charge in [-0.2, -0.15) is 0 Å². The van der Waals surface area contributed by atoms with Crippen molar-refractivity contribution in [3.8, 4) is 5.75 Å². The maximum absolute atomic E-state index is 8.81. The van der Waals surface area contributed by atoms with Crippen LogP contribution in [0.25, 0.3) is 0 Å². The molecule has 0 bridgehead atoms. The fourth-order valence-electron chi connectivity index (χ4n) is 1.46. The van der Waals surface area contributed by atoms with E-state index in [1.54, 1.807) is 0 Å². The first-order valence-corrected chi connectivity index (χ1v) is 9.56. The Morgan fingerprint density at radius 3 is 2.11 bits per heavy atom. The minimum absolute atomic E-state index is 0.225. The Balaban J connectivity index is 2.69. The molecule has 3 heteroatoms. The second kappa shape index (κ2) is 5.89. The third kappa shape index (κ3) is 4.14. The lowest BCUT2D eigenvalue weighted by Gasteiger charge is -2.36. The minimum Gasteiger partial charge on any atom is -0.544 e. The van der Waals surface area contributed by atoms with Crippen molar-refractivity contribution in [1.82, 2.24) is 0 Å². The standard InChI is InChI=1S/C15H26O2Si/c1-15(2,3)18(4,5)17-14-10-8-13(9-11-14)7-6-12-16/h8-11,16H,6-7,12H2,1-5H3. The van der Waals surface area contributed by atoms with Crippen molar-refractivity contribution in [1.29, 1.82) is 0 Å². The van der Waals surface area contributed by atoms with Gasteiger partial charge >= 0.3 is 0 Å². The third-order valence-corrected chi connectivity index (χ3v) is 8.08. The fraction of sp³-hybridized carbons (Fsp3) is 0.600. The van der Waals surface area contributed by atoms with E-state index in [-0.39, 0.29) is 11.6 Å². The van der Waals surface area contributed by atoms with E-state index in [1.165, 1.54) is 5.56 Å². The minimum atomic E-state index is -1.73. The summed E-state index contributed by atoms with van der Waals surface area (Å²) in [5, 5.41) is 9.03. The van der Waals surface area contributed by atoms with Gasteiger partial charge in [-0.25, -0.2) is 0 Å². The summed E-state index contributed by atoms with van der Waals surface area (Å²) in [6.07, 6.45) is 1.75. The molecule has 0 radical (unpaired) electrons. The van der Waals surface area contributed by atoms with Crippen LogP contribution in [0.2, 0.25) is 18.1 Å². The Morgan fingerprint density at radius 2 is 1.67 bits per heavy atom. The molecule has 0 aliphatic heterocycles. The zero-order chi connectivity index (χ0) is 13.8. The molecule has 1 rings (SSSR count). The Labute approximate surface area is 112 Å². The van der Waals surface area contributed by atoms with E-state index >= 15 is 0 Å². The summed E-state index contributed by atoms with van der Waals surface area (Å²) >= 11 is 0. The predicted molar refractivity (Wildman–Crippen MR) is 79.7 cm³/mol. The van der Waals surface area contributed by atoms with Crippen LogP contribution >= 0.6 is 0 Å². The van der Waals surface area contributed by atoms with Crippen molar-refractivity contribution < 1.29 is 9.53 Å². The number of hydrogen-bond donors (Lipinski definition) is 1. The van der Waals surface area contributed by atoms with Crippen molar-refractivity contribution in [2.45, 2.75) is 51.7 Å². The molecular weight excluding hydrogens is 240 g/mol. The van der Waals surface area contributed by atoms with E-state index in [0.717, 1.165) is 18.6 Å². The van der Waals surface area contributed by atoms with Crippen molar-refractivity contribution >= 4 is 8.32 Å². The van der Waals surface area contributed by atoms with Gasteiger partial charge in [0.2, 0.25) is 8.32 Å². The summed E-state index contributed by atoms with van der Waals surface area (Å²) in [6.45, 7) is 11.5. The molecule has 0 atom stereocenters. The van der Waals surface area contributed by atoms with Gasteiger partial charge < -0.3 is 9.53 Å². The summed E-state index contributed by atoms with van der Waals surface area (Å²) in [7, 11) is -1.73. The van der Waals surface area contributed by atoms with Crippen LogP contribution in [0.5, 0.6) is 5.75 Å². The molecule has 1 N–H and O–H groups in total. The van der Waals surface area contributed by atoms with Gasteiger partial charge in [-0.15, -0.1) is 0 Å². The largest absolute Gasteiger partial charge is 0.544 e. The van der Waals surface area contributed by atoms with Gasteiger partial charge in [0, 0.05) is 6.61 Å². The maximum atomic E-state index is 8.81. The monoisotopic (exact) mass is 266 g/mol. The molecule has 0 aromatic heterocycles. The SMILES string of the molecule is CC(C)(C)[Si](C)(C)Oc1ccc(CCCO)cc1. The van der Waals surface area contributed by atoms with Crippen LogP contribution in [-0.4, -0.2) is 20.0 Å². The zero-order valence-corrected chi connectivity index (χ0v) is 13.3. The zero-order valence-electron chi connectivity index (χ0n) is 12.3. The number of aryl methyl sites for hydroxylation is 1. The molecule has 102 valence electrons. The van der Waals surface area contributed by atoms with Crippen LogP contribution in [0.15, 0.2) is 24.3 Å². The van der Waals surface area contributed by atoms with Crippen LogP contribution in [-0.2, 0) is 6.42 Å². The van der Waals surface area contributed by atoms with E-state index in [1.807, 2.05) is 12.1 Å². The van der Waals surface area contributed by atoms with Crippen LogP contribution in [0.3, 0.4) is 0 Å². The lowest BCUT2D eigenvalue weighted by molar-refractivity contribution is 0.288. The number of rotatable bonds is 5. The van der Waals surface area contributed by atoms with E-state index in [9.17, 15) is 0 Å². The van der Waals surface area contributed by atoms with Crippen LogP contribution in [0.4, 0.5) is 0 Å². The second-order valence-corrected chi connectivity index (χ2v) is 11.1. The van der Waals surface area contributed by atoms with Gasteiger partial charge in [-0.3, -0.25) is 0 Å². The molecule has 0 aliphatic rings. The topological polar surface area (TPSA) is 29.5 Å². The van der Waals surface area contributed by atoms with Crippen molar-refractivity contribution in [3.05, 3.63) is 29.8 Å². The van der Waals surface area contributed by atoms with E-state index in [2.05, 4.69) is 46.0 Å². The first-order valence-electron chi connectivity index (χ1n) is 6.65.